The van der Waals surface area contributed by atoms with E-state index < -0.39 is 6.10 Å². The minimum absolute atomic E-state index is 0.281. The van der Waals surface area contributed by atoms with Gasteiger partial charge in [0.15, 0.2) is 5.82 Å². The molecule has 1 N–H and O–H groups in total. The van der Waals surface area contributed by atoms with Crippen LogP contribution in [0.15, 0.2) is 10.6 Å². The normalized spacial score (nSPS) is 13.1. The Kier molecular flexibility index (Phi) is 2.28. The summed E-state index contributed by atoms with van der Waals surface area (Å²) < 4.78 is 6.69. The molecule has 0 spiro atoms. The van der Waals surface area contributed by atoms with Crippen molar-refractivity contribution in [1.29, 1.82) is 0 Å². The largest absolute Gasteiger partial charge is 0.385 e. The van der Waals surface area contributed by atoms with E-state index in [0.717, 1.165) is 11.4 Å². The zero-order valence-electron chi connectivity index (χ0n) is 8.80. The lowest BCUT2D eigenvalue weighted by molar-refractivity contribution is 0.184. The van der Waals surface area contributed by atoms with Gasteiger partial charge in [0.1, 0.15) is 11.8 Å². The maximum Gasteiger partial charge on any atom is 0.276 e. The molecule has 6 nitrogen and oxygen atoms in total. The van der Waals surface area contributed by atoms with Gasteiger partial charge in [0.25, 0.3) is 5.89 Å². The molecule has 2 aromatic rings. The van der Waals surface area contributed by atoms with Gasteiger partial charge in [-0.3, -0.25) is 4.68 Å². The lowest BCUT2D eigenvalue weighted by Gasteiger charge is -1.93. The molecule has 0 saturated carbocycles. The Morgan fingerprint density at radius 3 is 2.73 bits per heavy atom. The first-order chi connectivity index (χ1) is 7.08. The van der Waals surface area contributed by atoms with Crippen molar-refractivity contribution in [3.63, 3.8) is 0 Å². The van der Waals surface area contributed by atoms with Crippen LogP contribution in [0.25, 0.3) is 11.6 Å². The van der Waals surface area contributed by atoms with Crippen LogP contribution < -0.4 is 0 Å². The van der Waals surface area contributed by atoms with E-state index in [0.29, 0.717) is 5.89 Å². The topological polar surface area (TPSA) is 77.0 Å². The van der Waals surface area contributed by atoms with Crippen molar-refractivity contribution in [3.05, 3.63) is 17.6 Å². The highest BCUT2D eigenvalue weighted by Gasteiger charge is 2.15. The zero-order chi connectivity index (χ0) is 11.0. The molecule has 0 aliphatic carbocycles. The average molecular weight is 208 g/mol. The highest BCUT2D eigenvalue weighted by molar-refractivity contribution is 5.47. The Balaban J connectivity index is 2.41. The van der Waals surface area contributed by atoms with Gasteiger partial charge in [-0.25, -0.2) is 0 Å². The molecular formula is C9H12N4O2. The third-order valence-corrected chi connectivity index (χ3v) is 2.04. The molecular weight excluding hydrogens is 196 g/mol. The molecule has 0 aliphatic rings. The summed E-state index contributed by atoms with van der Waals surface area (Å²) in [6.07, 6.45) is -0.725. The molecule has 0 bridgehead atoms. The van der Waals surface area contributed by atoms with E-state index in [-0.39, 0.29) is 5.82 Å². The Morgan fingerprint density at radius 1 is 1.53 bits per heavy atom. The number of aliphatic hydroxyl groups excluding tert-OH is 1. The van der Waals surface area contributed by atoms with Gasteiger partial charge in [0, 0.05) is 7.05 Å². The van der Waals surface area contributed by atoms with E-state index in [1.807, 2.05) is 13.0 Å². The van der Waals surface area contributed by atoms with Crippen LogP contribution in [0.1, 0.15) is 24.5 Å². The summed E-state index contributed by atoms with van der Waals surface area (Å²) in [6.45, 7) is 3.47. The third-order valence-electron chi connectivity index (χ3n) is 2.04. The summed E-state index contributed by atoms with van der Waals surface area (Å²) in [6, 6.07) is 1.85. The van der Waals surface area contributed by atoms with E-state index in [1.165, 1.54) is 0 Å². The predicted octanol–water partition coefficient (Wildman–Crippen LogP) is 0.832. The number of hydrogen-bond donors (Lipinski definition) is 1. The van der Waals surface area contributed by atoms with Crippen LogP contribution >= 0.6 is 0 Å². The summed E-state index contributed by atoms with van der Waals surface area (Å²) in [5, 5.41) is 17.1. The lowest BCUT2D eigenvalue weighted by Crippen LogP contribution is -1.95. The second kappa shape index (κ2) is 3.47. The SMILES string of the molecule is Cc1cc(-c2nc(C(C)O)no2)n(C)n1. The molecule has 15 heavy (non-hydrogen) atoms. The van der Waals surface area contributed by atoms with Crippen molar-refractivity contribution in [3.8, 4) is 11.6 Å². The van der Waals surface area contributed by atoms with Gasteiger partial charge < -0.3 is 9.63 Å². The highest BCUT2D eigenvalue weighted by atomic mass is 16.5. The summed E-state index contributed by atoms with van der Waals surface area (Å²) in [7, 11) is 1.80. The predicted molar refractivity (Wildman–Crippen MR) is 51.9 cm³/mol. The monoisotopic (exact) mass is 208 g/mol. The standard InChI is InChI=1S/C9H12N4O2/c1-5-4-7(13(3)11-5)9-10-8(6(2)14)12-15-9/h4,6,14H,1-3H3. The molecule has 0 amide bonds. The molecule has 0 fully saturated rings. The van der Waals surface area contributed by atoms with Crippen molar-refractivity contribution in [2.24, 2.45) is 7.05 Å². The molecule has 1 unspecified atom stereocenters. The summed E-state index contributed by atoms with van der Waals surface area (Å²) in [5.74, 6) is 0.651. The average Bonchev–Trinajstić information content (AvgIpc) is 2.71. The molecule has 2 rings (SSSR count). The van der Waals surface area contributed by atoms with E-state index in [2.05, 4.69) is 15.2 Å². The van der Waals surface area contributed by atoms with E-state index >= 15 is 0 Å². The maximum absolute atomic E-state index is 9.25. The van der Waals surface area contributed by atoms with Gasteiger partial charge in [0.05, 0.1) is 5.69 Å². The van der Waals surface area contributed by atoms with Crippen molar-refractivity contribution >= 4 is 0 Å². The van der Waals surface area contributed by atoms with Crippen LogP contribution in [0.4, 0.5) is 0 Å². The van der Waals surface area contributed by atoms with Crippen molar-refractivity contribution in [2.75, 3.05) is 0 Å². The molecule has 1 atom stereocenters. The number of aliphatic hydroxyl groups is 1. The number of aromatic nitrogens is 4. The number of rotatable bonds is 2. The van der Waals surface area contributed by atoms with Crippen LogP contribution in [0.2, 0.25) is 0 Å². The zero-order valence-corrected chi connectivity index (χ0v) is 8.80. The summed E-state index contributed by atoms with van der Waals surface area (Å²) in [5.41, 5.74) is 1.62. The molecule has 0 aromatic carbocycles. The molecule has 80 valence electrons. The smallest absolute Gasteiger partial charge is 0.276 e. The molecule has 0 aliphatic heterocycles. The van der Waals surface area contributed by atoms with Crippen LogP contribution in [-0.2, 0) is 7.05 Å². The Morgan fingerprint density at radius 2 is 2.27 bits per heavy atom. The van der Waals surface area contributed by atoms with Crippen molar-refractivity contribution in [2.45, 2.75) is 20.0 Å². The Labute approximate surface area is 86.5 Å². The van der Waals surface area contributed by atoms with Crippen LogP contribution in [0, 0.1) is 6.92 Å². The third kappa shape index (κ3) is 1.75. The van der Waals surface area contributed by atoms with Crippen LogP contribution in [0.5, 0.6) is 0 Å². The summed E-state index contributed by atoms with van der Waals surface area (Å²) >= 11 is 0. The Hall–Kier alpha value is -1.69. The van der Waals surface area contributed by atoms with Gasteiger partial charge in [-0.1, -0.05) is 5.16 Å². The van der Waals surface area contributed by atoms with E-state index in [1.54, 1.807) is 18.7 Å². The van der Waals surface area contributed by atoms with Gasteiger partial charge in [-0.05, 0) is 19.9 Å². The van der Waals surface area contributed by atoms with Crippen LogP contribution in [0.3, 0.4) is 0 Å². The highest BCUT2D eigenvalue weighted by Crippen LogP contribution is 2.19. The molecule has 2 aromatic heterocycles. The number of aryl methyl sites for hydroxylation is 2. The van der Waals surface area contributed by atoms with E-state index in [4.69, 9.17) is 4.52 Å². The van der Waals surface area contributed by atoms with Gasteiger partial charge in [-0.15, -0.1) is 0 Å². The fraction of sp³-hybridized carbons (Fsp3) is 0.444. The second-order valence-electron chi connectivity index (χ2n) is 3.43. The molecule has 0 radical (unpaired) electrons. The fourth-order valence-corrected chi connectivity index (χ4v) is 1.32. The number of nitrogens with zero attached hydrogens (tertiary/aromatic N) is 4. The molecule has 6 heteroatoms. The fourth-order valence-electron chi connectivity index (χ4n) is 1.32. The van der Waals surface area contributed by atoms with Crippen molar-refractivity contribution < 1.29 is 9.63 Å². The minimum Gasteiger partial charge on any atom is -0.385 e. The van der Waals surface area contributed by atoms with E-state index in [9.17, 15) is 5.11 Å². The lowest BCUT2D eigenvalue weighted by atomic mass is 10.3. The maximum atomic E-state index is 9.25. The van der Waals surface area contributed by atoms with Crippen LogP contribution in [-0.4, -0.2) is 25.0 Å². The first-order valence-corrected chi connectivity index (χ1v) is 4.60. The minimum atomic E-state index is -0.725. The summed E-state index contributed by atoms with van der Waals surface area (Å²) in [4.78, 5) is 4.07. The van der Waals surface area contributed by atoms with Gasteiger partial charge >= 0.3 is 0 Å². The molecule has 0 saturated heterocycles. The van der Waals surface area contributed by atoms with Gasteiger partial charge in [-0.2, -0.15) is 10.1 Å². The van der Waals surface area contributed by atoms with Gasteiger partial charge in [0.2, 0.25) is 0 Å². The second-order valence-corrected chi connectivity index (χ2v) is 3.43. The Bertz CT molecular complexity index is 472. The number of hydrogen-bond acceptors (Lipinski definition) is 5. The first kappa shape index (κ1) is 9.85. The molecule has 2 heterocycles. The quantitative estimate of drug-likeness (QED) is 0.791. The van der Waals surface area contributed by atoms with Crippen molar-refractivity contribution in [1.82, 2.24) is 19.9 Å². The first-order valence-electron chi connectivity index (χ1n) is 4.60.